The molecule has 1 saturated heterocycles. The maximum absolute atomic E-state index is 5.57. The van der Waals surface area contributed by atoms with Gasteiger partial charge in [0, 0.05) is 13.0 Å². The van der Waals surface area contributed by atoms with Gasteiger partial charge < -0.3 is 9.47 Å². The molecule has 0 spiro atoms. The van der Waals surface area contributed by atoms with Crippen molar-refractivity contribution in [2.24, 2.45) is 0 Å². The van der Waals surface area contributed by atoms with Gasteiger partial charge in [0.2, 0.25) is 0 Å². The van der Waals surface area contributed by atoms with Crippen molar-refractivity contribution in [3.05, 3.63) is 0 Å². The van der Waals surface area contributed by atoms with E-state index in [-0.39, 0.29) is 12.4 Å². The number of rotatable bonds is 3. The fourth-order valence-electron chi connectivity index (χ4n) is 1.29. The molecule has 0 saturated carbocycles. The number of terminal acetylenes is 1. The van der Waals surface area contributed by atoms with Crippen LogP contribution in [0.5, 0.6) is 0 Å². The molecule has 1 unspecified atom stereocenters. The Labute approximate surface area is 74.2 Å². The Bertz CT molecular complexity index is 154. The molecule has 0 aromatic heterocycles. The summed E-state index contributed by atoms with van der Waals surface area (Å²) in [6, 6.07) is 0. The van der Waals surface area contributed by atoms with Crippen molar-refractivity contribution in [3.8, 4) is 12.3 Å². The van der Waals surface area contributed by atoms with E-state index in [0.29, 0.717) is 6.42 Å². The van der Waals surface area contributed by atoms with Crippen LogP contribution in [0.15, 0.2) is 0 Å². The Morgan fingerprint density at radius 1 is 1.67 bits per heavy atom. The summed E-state index contributed by atoms with van der Waals surface area (Å²) in [4.78, 5) is 0. The first-order chi connectivity index (χ1) is 5.83. The average Bonchev–Trinajstić information content (AvgIpc) is 2.06. The molecular weight excluding hydrogens is 152 g/mol. The van der Waals surface area contributed by atoms with E-state index in [0.717, 1.165) is 19.4 Å². The molecule has 1 aliphatic rings. The van der Waals surface area contributed by atoms with Crippen molar-refractivity contribution in [2.75, 3.05) is 6.61 Å². The molecule has 0 aromatic rings. The number of hydrogen-bond acceptors (Lipinski definition) is 2. The molecule has 1 heterocycles. The minimum atomic E-state index is -0.0119. The second-order valence-electron chi connectivity index (χ2n) is 3.15. The first-order valence-electron chi connectivity index (χ1n) is 4.53. The highest BCUT2D eigenvalue weighted by Gasteiger charge is 2.16. The van der Waals surface area contributed by atoms with Gasteiger partial charge in [-0.1, -0.05) is 0 Å². The van der Waals surface area contributed by atoms with Crippen LogP contribution in [0.4, 0.5) is 0 Å². The molecule has 0 bridgehead atoms. The second-order valence-corrected chi connectivity index (χ2v) is 3.15. The zero-order valence-corrected chi connectivity index (χ0v) is 7.58. The summed E-state index contributed by atoms with van der Waals surface area (Å²) in [5.74, 6) is 2.58. The van der Waals surface area contributed by atoms with Crippen LogP contribution in [0.3, 0.4) is 0 Å². The Hall–Kier alpha value is -0.520. The van der Waals surface area contributed by atoms with E-state index >= 15 is 0 Å². The summed E-state index contributed by atoms with van der Waals surface area (Å²) >= 11 is 0. The SMILES string of the molecule is C#CC[C@H](C)OC1CCCCO1. The molecule has 2 atom stereocenters. The van der Waals surface area contributed by atoms with Gasteiger partial charge >= 0.3 is 0 Å². The van der Waals surface area contributed by atoms with Gasteiger partial charge in [-0.05, 0) is 26.2 Å². The molecule has 0 amide bonds. The lowest BCUT2D eigenvalue weighted by Crippen LogP contribution is -2.26. The van der Waals surface area contributed by atoms with Crippen LogP contribution in [0.1, 0.15) is 32.6 Å². The molecule has 0 aromatic carbocycles. The van der Waals surface area contributed by atoms with Crippen LogP contribution in [0, 0.1) is 12.3 Å². The highest BCUT2D eigenvalue weighted by atomic mass is 16.7. The van der Waals surface area contributed by atoms with Gasteiger partial charge in [0.25, 0.3) is 0 Å². The summed E-state index contributed by atoms with van der Waals surface area (Å²) in [7, 11) is 0. The van der Waals surface area contributed by atoms with Crippen molar-refractivity contribution < 1.29 is 9.47 Å². The Morgan fingerprint density at radius 2 is 2.50 bits per heavy atom. The molecule has 2 nitrogen and oxygen atoms in total. The zero-order valence-electron chi connectivity index (χ0n) is 7.58. The maximum atomic E-state index is 5.57. The molecule has 1 rings (SSSR count). The van der Waals surface area contributed by atoms with E-state index in [1.54, 1.807) is 0 Å². The first-order valence-corrected chi connectivity index (χ1v) is 4.53. The molecule has 2 heteroatoms. The minimum absolute atomic E-state index is 0.0119. The topological polar surface area (TPSA) is 18.5 Å². The van der Waals surface area contributed by atoms with Crippen LogP contribution < -0.4 is 0 Å². The van der Waals surface area contributed by atoms with Gasteiger partial charge in [-0.2, -0.15) is 0 Å². The molecule has 0 N–H and O–H groups in total. The summed E-state index contributed by atoms with van der Waals surface area (Å²) in [5, 5.41) is 0. The van der Waals surface area contributed by atoms with Gasteiger partial charge in [-0.15, -0.1) is 12.3 Å². The molecule has 1 fully saturated rings. The fourth-order valence-corrected chi connectivity index (χ4v) is 1.29. The third kappa shape index (κ3) is 3.25. The average molecular weight is 168 g/mol. The Morgan fingerprint density at radius 3 is 3.08 bits per heavy atom. The van der Waals surface area contributed by atoms with Crippen LogP contribution in [0.25, 0.3) is 0 Å². The standard InChI is InChI=1S/C10H16O2/c1-3-6-9(2)12-10-7-4-5-8-11-10/h1,9-10H,4-8H2,2H3/t9-,10?/m0/s1. The zero-order chi connectivity index (χ0) is 8.81. The van der Waals surface area contributed by atoms with Gasteiger partial charge in [-0.3, -0.25) is 0 Å². The van der Waals surface area contributed by atoms with Crippen LogP contribution >= 0.6 is 0 Å². The lowest BCUT2D eigenvalue weighted by atomic mass is 10.2. The van der Waals surface area contributed by atoms with Crippen molar-refractivity contribution in [1.29, 1.82) is 0 Å². The molecule has 0 radical (unpaired) electrons. The lowest BCUT2D eigenvalue weighted by Gasteiger charge is -2.25. The van der Waals surface area contributed by atoms with Crippen molar-refractivity contribution >= 4 is 0 Å². The summed E-state index contributed by atoms with van der Waals surface area (Å²) < 4.78 is 11.0. The predicted octanol–water partition coefficient (Wildman–Crippen LogP) is 1.94. The Balaban J connectivity index is 2.16. The number of ether oxygens (including phenoxy) is 2. The summed E-state index contributed by atoms with van der Waals surface area (Å²) in [6.07, 6.45) is 9.31. The van der Waals surface area contributed by atoms with E-state index < -0.39 is 0 Å². The fraction of sp³-hybridized carbons (Fsp3) is 0.800. The largest absolute Gasteiger partial charge is 0.353 e. The maximum Gasteiger partial charge on any atom is 0.157 e. The highest BCUT2D eigenvalue weighted by molar-refractivity contribution is 4.86. The smallest absolute Gasteiger partial charge is 0.157 e. The van der Waals surface area contributed by atoms with Crippen molar-refractivity contribution in [1.82, 2.24) is 0 Å². The quantitative estimate of drug-likeness (QED) is 0.599. The highest BCUT2D eigenvalue weighted by Crippen LogP contribution is 2.15. The first kappa shape index (κ1) is 9.57. The summed E-state index contributed by atoms with van der Waals surface area (Å²) in [6.45, 7) is 2.81. The van der Waals surface area contributed by atoms with Crippen LogP contribution in [-0.4, -0.2) is 19.0 Å². The molecule has 0 aliphatic carbocycles. The van der Waals surface area contributed by atoms with Gasteiger partial charge in [0.1, 0.15) is 0 Å². The van der Waals surface area contributed by atoms with Gasteiger partial charge in [-0.25, -0.2) is 0 Å². The van der Waals surface area contributed by atoms with E-state index in [4.69, 9.17) is 15.9 Å². The van der Waals surface area contributed by atoms with E-state index in [2.05, 4.69) is 5.92 Å². The second kappa shape index (κ2) is 5.18. The van der Waals surface area contributed by atoms with Crippen molar-refractivity contribution in [3.63, 3.8) is 0 Å². The minimum Gasteiger partial charge on any atom is -0.353 e. The van der Waals surface area contributed by atoms with Crippen LogP contribution in [-0.2, 0) is 9.47 Å². The monoisotopic (exact) mass is 168 g/mol. The van der Waals surface area contributed by atoms with E-state index in [9.17, 15) is 0 Å². The molecule has 1 aliphatic heterocycles. The molecular formula is C10H16O2. The summed E-state index contributed by atoms with van der Waals surface area (Å²) in [5.41, 5.74) is 0. The van der Waals surface area contributed by atoms with Crippen LogP contribution in [0.2, 0.25) is 0 Å². The number of hydrogen-bond donors (Lipinski definition) is 0. The third-order valence-electron chi connectivity index (χ3n) is 1.93. The predicted molar refractivity (Wildman–Crippen MR) is 47.6 cm³/mol. The Kier molecular flexibility index (Phi) is 4.13. The van der Waals surface area contributed by atoms with Gasteiger partial charge in [0.15, 0.2) is 6.29 Å². The lowest BCUT2D eigenvalue weighted by molar-refractivity contribution is -0.183. The normalized spacial score (nSPS) is 26.2. The van der Waals surface area contributed by atoms with Crippen molar-refractivity contribution in [2.45, 2.75) is 45.0 Å². The molecule has 68 valence electrons. The van der Waals surface area contributed by atoms with Gasteiger partial charge in [0.05, 0.1) is 6.10 Å². The third-order valence-corrected chi connectivity index (χ3v) is 1.93. The van der Waals surface area contributed by atoms with E-state index in [1.807, 2.05) is 6.92 Å². The molecule has 12 heavy (non-hydrogen) atoms. The van der Waals surface area contributed by atoms with E-state index in [1.165, 1.54) is 6.42 Å².